The molecule has 1 amide bonds. The summed E-state index contributed by atoms with van der Waals surface area (Å²) in [5.74, 6) is -4.84. The van der Waals surface area contributed by atoms with Gasteiger partial charge in [0.1, 0.15) is 0 Å². The Morgan fingerprint density at radius 3 is 2.64 bits per heavy atom. The summed E-state index contributed by atoms with van der Waals surface area (Å²) in [6.45, 7) is 1.55. The Hall–Kier alpha value is -2.95. The Labute approximate surface area is 163 Å². The zero-order valence-corrected chi connectivity index (χ0v) is 15.5. The molecule has 0 saturated heterocycles. The first-order valence-electron chi connectivity index (χ1n) is 9.54. The Balaban J connectivity index is 1.45. The molecule has 4 rings (SSSR count). The lowest BCUT2D eigenvalue weighted by molar-refractivity contribution is -0.146. The van der Waals surface area contributed by atoms with Crippen molar-refractivity contribution in [2.45, 2.75) is 18.8 Å². The molecule has 28 heavy (non-hydrogen) atoms. The topological polar surface area (TPSA) is 32.3 Å². The molecule has 0 unspecified atom stereocenters. The van der Waals surface area contributed by atoms with Crippen LogP contribution in [0.4, 0.5) is 14.5 Å². The number of hydrogen-bond donors (Lipinski definition) is 1. The number of alkyl halides is 2. The number of carbonyl (C=O) groups is 1. The molecule has 1 N–H and O–H groups in total. The molecule has 0 aliphatic carbocycles. The van der Waals surface area contributed by atoms with Crippen LogP contribution in [0.5, 0.6) is 0 Å². The van der Waals surface area contributed by atoms with Gasteiger partial charge in [0.15, 0.2) is 0 Å². The highest BCUT2D eigenvalue weighted by Crippen LogP contribution is 2.34. The molecule has 3 nitrogen and oxygen atoms in total. The number of para-hydroxylation sites is 1. The van der Waals surface area contributed by atoms with E-state index < -0.39 is 11.8 Å². The van der Waals surface area contributed by atoms with Crippen LogP contribution in [0.3, 0.4) is 0 Å². The molecule has 0 atom stereocenters. The van der Waals surface area contributed by atoms with Crippen LogP contribution >= 0.6 is 0 Å². The fourth-order valence-electron chi connectivity index (χ4n) is 3.88. The average molecular weight is 380 g/mol. The van der Waals surface area contributed by atoms with Crippen molar-refractivity contribution in [1.82, 2.24) is 5.32 Å². The molecule has 1 aliphatic rings. The van der Waals surface area contributed by atoms with Gasteiger partial charge in [0.05, 0.1) is 0 Å². The van der Waals surface area contributed by atoms with E-state index in [1.165, 1.54) is 11.6 Å². The van der Waals surface area contributed by atoms with E-state index in [0.29, 0.717) is 17.3 Å². The van der Waals surface area contributed by atoms with Crippen molar-refractivity contribution in [3.05, 3.63) is 77.9 Å². The van der Waals surface area contributed by atoms with Crippen LogP contribution in [0, 0.1) is 0 Å². The molecule has 0 fully saturated rings. The van der Waals surface area contributed by atoms with Crippen molar-refractivity contribution in [3.63, 3.8) is 0 Å². The normalized spacial score (nSPS) is 14.0. The molecule has 1 heterocycles. The summed E-state index contributed by atoms with van der Waals surface area (Å²) >= 11 is 0. The number of hydrogen-bond acceptors (Lipinski definition) is 2. The number of rotatable bonds is 5. The smallest absolute Gasteiger partial charge is 0.350 e. The van der Waals surface area contributed by atoms with Gasteiger partial charge in [-0.15, -0.1) is 0 Å². The molecule has 0 spiro atoms. The van der Waals surface area contributed by atoms with E-state index in [9.17, 15) is 13.6 Å². The second kappa shape index (κ2) is 7.58. The monoisotopic (exact) mass is 380 g/mol. The Morgan fingerprint density at radius 2 is 1.75 bits per heavy atom. The zero-order chi connectivity index (χ0) is 19.6. The highest BCUT2D eigenvalue weighted by Gasteiger charge is 2.41. The minimum absolute atomic E-state index is 0.174. The third-order valence-electron chi connectivity index (χ3n) is 5.29. The quantitative estimate of drug-likeness (QED) is 0.707. The van der Waals surface area contributed by atoms with Crippen molar-refractivity contribution in [2.75, 3.05) is 24.5 Å². The van der Waals surface area contributed by atoms with Gasteiger partial charge in [0, 0.05) is 30.9 Å². The van der Waals surface area contributed by atoms with E-state index >= 15 is 0 Å². The summed E-state index contributed by atoms with van der Waals surface area (Å²) < 4.78 is 29.7. The molecule has 3 aromatic rings. The third-order valence-corrected chi connectivity index (χ3v) is 5.29. The maximum absolute atomic E-state index is 14.9. The summed E-state index contributed by atoms with van der Waals surface area (Å²) in [6, 6.07) is 19.6. The van der Waals surface area contributed by atoms with Gasteiger partial charge in [-0.25, -0.2) is 0 Å². The number of anilines is 1. The van der Waals surface area contributed by atoms with Crippen LogP contribution < -0.4 is 10.2 Å². The molecular formula is C23H22F2N2O. The highest BCUT2D eigenvalue weighted by atomic mass is 19.3. The number of aryl methyl sites for hydroxylation is 1. The lowest BCUT2D eigenvalue weighted by Crippen LogP contribution is -2.43. The fraction of sp³-hybridized carbons (Fsp3) is 0.261. The number of amides is 1. The molecule has 144 valence electrons. The summed E-state index contributed by atoms with van der Waals surface area (Å²) in [6.07, 6.45) is 2.05. The lowest BCUT2D eigenvalue weighted by Gasteiger charge is -2.31. The second-order valence-electron chi connectivity index (χ2n) is 7.08. The van der Waals surface area contributed by atoms with E-state index in [1.54, 1.807) is 36.4 Å². The highest BCUT2D eigenvalue weighted by molar-refractivity contribution is 5.93. The third kappa shape index (κ3) is 3.44. The number of nitrogens with one attached hydrogen (secondary N) is 1. The Bertz CT molecular complexity index is 997. The molecule has 5 heteroatoms. The number of nitrogens with zero attached hydrogens (tertiary/aromatic N) is 1. The van der Waals surface area contributed by atoms with Gasteiger partial charge >= 0.3 is 5.92 Å². The van der Waals surface area contributed by atoms with Gasteiger partial charge in [-0.3, -0.25) is 4.79 Å². The fourth-order valence-corrected chi connectivity index (χ4v) is 3.88. The van der Waals surface area contributed by atoms with E-state index in [4.69, 9.17) is 0 Å². The van der Waals surface area contributed by atoms with Crippen molar-refractivity contribution in [1.29, 1.82) is 0 Å². The van der Waals surface area contributed by atoms with Gasteiger partial charge in [-0.05, 0) is 35.2 Å². The molecule has 0 aromatic heterocycles. The summed E-state index contributed by atoms with van der Waals surface area (Å²) in [7, 11) is 0. The first-order chi connectivity index (χ1) is 13.6. The van der Waals surface area contributed by atoms with Gasteiger partial charge in [-0.2, -0.15) is 8.78 Å². The first kappa shape index (κ1) is 18.4. The predicted octanol–water partition coefficient (Wildman–Crippen LogP) is 4.50. The molecule has 0 saturated carbocycles. The largest absolute Gasteiger partial charge is 0.370 e. The average Bonchev–Trinajstić information content (AvgIpc) is 2.73. The predicted molar refractivity (Wildman–Crippen MR) is 108 cm³/mol. The second-order valence-corrected chi connectivity index (χ2v) is 7.08. The van der Waals surface area contributed by atoms with Gasteiger partial charge in [0.25, 0.3) is 5.91 Å². The standard InChI is InChI=1S/C23H22F2N2O/c24-23(25,20-12-5-9-17-7-1-3-11-19(17)20)22(28)26-14-16-27-15-6-10-18-8-2-4-13-21(18)27/h1-5,7-9,11-13H,6,10,14-16H2,(H,26,28). The molecule has 0 bridgehead atoms. The summed E-state index contributed by atoms with van der Waals surface area (Å²) in [4.78, 5) is 14.5. The number of carbonyl (C=O) groups excluding carboxylic acids is 1. The number of halogens is 2. The van der Waals surface area contributed by atoms with Crippen LogP contribution in [0.2, 0.25) is 0 Å². The molecular weight excluding hydrogens is 358 g/mol. The minimum atomic E-state index is -3.58. The first-order valence-corrected chi connectivity index (χ1v) is 9.54. The van der Waals surface area contributed by atoms with Crippen molar-refractivity contribution in [2.24, 2.45) is 0 Å². The Morgan fingerprint density at radius 1 is 1.00 bits per heavy atom. The van der Waals surface area contributed by atoms with Crippen molar-refractivity contribution >= 4 is 22.4 Å². The van der Waals surface area contributed by atoms with Gasteiger partial charge in [-0.1, -0.05) is 60.7 Å². The van der Waals surface area contributed by atoms with Crippen LogP contribution in [0.15, 0.2) is 66.7 Å². The molecule has 0 radical (unpaired) electrons. The molecule has 1 aliphatic heterocycles. The van der Waals surface area contributed by atoms with Gasteiger partial charge in [0.2, 0.25) is 0 Å². The van der Waals surface area contributed by atoms with Crippen molar-refractivity contribution in [3.8, 4) is 0 Å². The summed E-state index contributed by atoms with van der Waals surface area (Å²) in [5.41, 5.74) is 2.14. The maximum atomic E-state index is 14.9. The van der Waals surface area contributed by atoms with E-state index in [0.717, 1.165) is 25.1 Å². The van der Waals surface area contributed by atoms with Crippen molar-refractivity contribution < 1.29 is 13.6 Å². The van der Waals surface area contributed by atoms with E-state index in [2.05, 4.69) is 16.3 Å². The van der Waals surface area contributed by atoms with E-state index in [1.807, 2.05) is 18.2 Å². The maximum Gasteiger partial charge on any atom is 0.350 e. The summed E-state index contributed by atoms with van der Waals surface area (Å²) in [5, 5.41) is 3.52. The SMILES string of the molecule is O=C(NCCN1CCCc2ccccc21)C(F)(F)c1cccc2ccccc12. The Kier molecular flexibility index (Phi) is 4.99. The number of fused-ring (bicyclic) bond motifs is 2. The zero-order valence-electron chi connectivity index (χ0n) is 15.5. The van der Waals surface area contributed by atoms with E-state index in [-0.39, 0.29) is 12.1 Å². The van der Waals surface area contributed by atoms with Gasteiger partial charge < -0.3 is 10.2 Å². The van der Waals surface area contributed by atoms with Crippen LogP contribution in [-0.2, 0) is 17.1 Å². The van der Waals surface area contributed by atoms with Crippen LogP contribution in [0.25, 0.3) is 10.8 Å². The molecule has 3 aromatic carbocycles. The number of benzene rings is 3. The minimum Gasteiger partial charge on any atom is -0.370 e. The lowest BCUT2D eigenvalue weighted by atomic mass is 9.99. The van der Waals surface area contributed by atoms with Crippen LogP contribution in [0.1, 0.15) is 17.5 Å². The van der Waals surface area contributed by atoms with Crippen LogP contribution in [-0.4, -0.2) is 25.5 Å².